The zero-order chi connectivity index (χ0) is 24.1. The topological polar surface area (TPSA) is 94.2 Å². The van der Waals surface area contributed by atoms with Crippen LogP contribution in [0.25, 0.3) is 0 Å². The number of carbonyl (C=O) groups excluding carboxylic acids is 1. The molecule has 178 valence electrons. The lowest BCUT2D eigenvalue weighted by molar-refractivity contribution is 0.102. The number of hydrogen-bond acceptors (Lipinski definition) is 6. The van der Waals surface area contributed by atoms with Gasteiger partial charge in [-0.2, -0.15) is 4.31 Å². The van der Waals surface area contributed by atoms with Gasteiger partial charge in [0.2, 0.25) is 10.0 Å². The van der Waals surface area contributed by atoms with Crippen LogP contribution in [0.2, 0.25) is 0 Å². The molecule has 34 heavy (non-hydrogen) atoms. The molecule has 1 heterocycles. The van der Waals surface area contributed by atoms with Crippen molar-refractivity contribution in [3.63, 3.8) is 0 Å². The van der Waals surface area contributed by atoms with E-state index < -0.39 is 10.0 Å². The Balaban J connectivity index is 1.56. The van der Waals surface area contributed by atoms with Crippen LogP contribution in [0.5, 0.6) is 17.2 Å². The lowest BCUT2D eigenvalue weighted by Gasteiger charge is -2.20. The first-order valence-corrected chi connectivity index (χ1v) is 12.3. The summed E-state index contributed by atoms with van der Waals surface area (Å²) in [5, 5.41) is 2.85. The van der Waals surface area contributed by atoms with Crippen molar-refractivity contribution in [2.24, 2.45) is 0 Å². The normalized spacial score (nSPS) is 12.9. The molecule has 0 fully saturated rings. The molecule has 0 atom stereocenters. The molecule has 0 saturated heterocycles. The van der Waals surface area contributed by atoms with E-state index in [1.54, 1.807) is 66.7 Å². The van der Waals surface area contributed by atoms with Gasteiger partial charge in [0.15, 0.2) is 11.5 Å². The molecule has 1 aliphatic rings. The molecule has 0 saturated carbocycles. The molecule has 0 spiro atoms. The zero-order valence-corrected chi connectivity index (χ0v) is 19.8. The molecule has 3 aromatic rings. The van der Waals surface area contributed by atoms with Crippen molar-refractivity contribution in [3.8, 4) is 17.2 Å². The Bertz CT molecular complexity index is 1280. The highest BCUT2D eigenvalue weighted by Gasteiger charge is 2.23. The second-order valence-electron chi connectivity index (χ2n) is 7.64. The van der Waals surface area contributed by atoms with E-state index in [-0.39, 0.29) is 17.3 Å². The van der Waals surface area contributed by atoms with Gasteiger partial charge < -0.3 is 19.5 Å². The Labute approximate surface area is 199 Å². The average Bonchev–Trinajstić information content (AvgIpc) is 2.85. The Morgan fingerprint density at radius 1 is 1.00 bits per heavy atom. The molecule has 1 N–H and O–H groups in total. The average molecular weight is 483 g/mol. The van der Waals surface area contributed by atoms with Crippen LogP contribution < -0.4 is 19.5 Å². The van der Waals surface area contributed by atoms with Crippen LogP contribution in [0.1, 0.15) is 22.8 Å². The van der Waals surface area contributed by atoms with Crippen molar-refractivity contribution < 1.29 is 27.4 Å². The third-order valence-electron chi connectivity index (χ3n) is 5.27. The number of sulfonamides is 1. The number of fused-ring (bicyclic) bond motifs is 1. The quantitative estimate of drug-likeness (QED) is 0.523. The van der Waals surface area contributed by atoms with Gasteiger partial charge in [-0.3, -0.25) is 4.79 Å². The monoisotopic (exact) mass is 482 g/mol. The number of nitrogens with zero attached hydrogens (tertiary/aromatic N) is 1. The molecule has 4 rings (SSSR count). The van der Waals surface area contributed by atoms with Crippen LogP contribution >= 0.6 is 0 Å². The van der Waals surface area contributed by atoms with E-state index in [0.29, 0.717) is 53.9 Å². The highest BCUT2D eigenvalue weighted by atomic mass is 32.2. The number of ether oxygens (including phenoxy) is 3. The van der Waals surface area contributed by atoms with Gasteiger partial charge in [-0.25, -0.2) is 8.42 Å². The van der Waals surface area contributed by atoms with Gasteiger partial charge in [0.05, 0.1) is 11.5 Å². The first-order chi connectivity index (χ1) is 16.4. The molecule has 0 bridgehead atoms. The van der Waals surface area contributed by atoms with Crippen molar-refractivity contribution in [1.29, 1.82) is 0 Å². The fourth-order valence-corrected chi connectivity index (χ4v) is 4.73. The predicted octanol–water partition coefficient (Wildman–Crippen LogP) is 3.93. The minimum atomic E-state index is -3.71. The van der Waals surface area contributed by atoms with Crippen molar-refractivity contribution >= 4 is 21.6 Å². The molecule has 0 aliphatic carbocycles. The van der Waals surface area contributed by atoms with Gasteiger partial charge in [0.25, 0.3) is 5.91 Å². The van der Waals surface area contributed by atoms with Crippen LogP contribution in [-0.4, -0.2) is 45.5 Å². The molecule has 1 aliphatic heterocycles. The number of nitrogens with one attached hydrogen (secondary N) is 1. The molecule has 8 nitrogen and oxygen atoms in total. The maximum Gasteiger partial charge on any atom is 0.255 e. The molecular weight excluding hydrogens is 456 g/mol. The van der Waals surface area contributed by atoms with E-state index >= 15 is 0 Å². The van der Waals surface area contributed by atoms with Crippen molar-refractivity contribution in [2.75, 3.05) is 32.2 Å². The van der Waals surface area contributed by atoms with Crippen molar-refractivity contribution in [2.45, 2.75) is 18.4 Å². The minimum absolute atomic E-state index is 0.0394. The standard InChI is InChI=1S/C25H26N2O6S/c1-3-31-22-11-9-18(25(28)26-20-10-12-23-24(16-20)33-14-13-32-23)15-19(22)17-27(2)34(29,30)21-7-5-4-6-8-21/h4-12,15-16H,3,13-14,17H2,1-2H3,(H,26,28). The number of rotatable bonds is 8. The fourth-order valence-electron chi connectivity index (χ4n) is 3.56. The van der Waals surface area contributed by atoms with Crippen LogP contribution in [-0.2, 0) is 16.6 Å². The minimum Gasteiger partial charge on any atom is -0.494 e. The van der Waals surface area contributed by atoms with Crippen LogP contribution in [0.15, 0.2) is 71.6 Å². The summed E-state index contributed by atoms with van der Waals surface area (Å²) in [5.41, 5.74) is 1.52. The van der Waals surface area contributed by atoms with Crippen molar-refractivity contribution in [1.82, 2.24) is 4.31 Å². The van der Waals surface area contributed by atoms with Gasteiger partial charge in [-0.05, 0) is 49.4 Å². The maximum absolute atomic E-state index is 13.0. The summed E-state index contributed by atoms with van der Waals surface area (Å²) in [7, 11) is -2.21. The predicted molar refractivity (Wildman–Crippen MR) is 128 cm³/mol. The van der Waals surface area contributed by atoms with E-state index in [0.717, 1.165) is 0 Å². The van der Waals surface area contributed by atoms with E-state index in [1.165, 1.54) is 11.4 Å². The van der Waals surface area contributed by atoms with Gasteiger partial charge in [-0.1, -0.05) is 18.2 Å². The number of amides is 1. The summed E-state index contributed by atoms with van der Waals surface area (Å²) in [6, 6.07) is 18.4. The van der Waals surface area contributed by atoms with E-state index in [2.05, 4.69) is 5.32 Å². The summed E-state index contributed by atoms with van der Waals surface area (Å²) in [6.45, 7) is 3.23. The molecule has 1 amide bonds. The van der Waals surface area contributed by atoms with E-state index in [9.17, 15) is 13.2 Å². The van der Waals surface area contributed by atoms with Crippen LogP contribution in [0, 0.1) is 0 Å². The fraction of sp³-hybridized carbons (Fsp3) is 0.240. The third kappa shape index (κ3) is 5.16. The first-order valence-electron chi connectivity index (χ1n) is 10.9. The Morgan fingerprint density at radius 3 is 2.47 bits per heavy atom. The number of carbonyl (C=O) groups is 1. The Morgan fingerprint density at radius 2 is 1.74 bits per heavy atom. The van der Waals surface area contributed by atoms with Crippen LogP contribution in [0.3, 0.4) is 0 Å². The summed E-state index contributed by atoms with van der Waals surface area (Å²) in [5.74, 6) is 1.39. The smallest absolute Gasteiger partial charge is 0.255 e. The molecule has 3 aromatic carbocycles. The Kier molecular flexibility index (Phi) is 7.04. The highest BCUT2D eigenvalue weighted by Crippen LogP contribution is 2.33. The Hall–Kier alpha value is -3.56. The molecule has 0 radical (unpaired) electrons. The third-order valence-corrected chi connectivity index (χ3v) is 7.08. The second-order valence-corrected chi connectivity index (χ2v) is 9.69. The molecule has 0 unspecified atom stereocenters. The van der Waals surface area contributed by atoms with Gasteiger partial charge in [0, 0.05) is 36.5 Å². The summed E-state index contributed by atoms with van der Waals surface area (Å²) in [4.78, 5) is 13.1. The number of benzene rings is 3. The largest absolute Gasteiger partial charge is 0.494 e. The highest BCUT2D eigenvalue weighted by molar-refractivity contribution is 7.89. The van der Waals surface area contributed by atoms with Gasteiger partial charge in [0.1, 0.15) is 19.0 Å². The second kappa shape index (κ2) is 10.1. The number of hydrogen-bond donors (Lipinski definition) is 1. The maximum atomic E-state index is 13.0. The first kappa shape index (κ1) is 23.6. The SMILES string of the molecule is CCOc1ccc(C(=O)Nc2ccc3c(c2)OCCO3)cc1CN(C)S(=O)(=O)c1ccccc1. The van der Waals surface area contributed by atoms with Crippen molar-refractivity contribution in [3.05, 3.63) is 77.9 Å². The molecule has 9 heteroatoms. The van der Waals surface area contributed by atoms with Gasteiger partial charge >= 0.3 is 0 Å². The lowest BCUT2D eigenvalue weighted by atomic mass is 10.1. The van der Waals surface area contributed by atoms with E-state index in [1.807, 2.05) is 6.92 Å². The number of anilines is 1. The summed E-state index contributed by atoms with van der Waals surface area (Å²) in [6.07, 6.45) is 0. The van der Waals surface area contributed by atoms with Gasteiger partial charge in [-0.15, -0.1) is 0 Å². The lowest BCUT2D eigenvalue weighted by Crippen LogP contribution is -2.27. The molecular formula is C25H26N2O6S. The zero-order valence-electron chi connectivity index (χ0n) is 19.0. The van der Waals surface area contributed by atoms with E-state index in [4.69, 9.17) is 14.2 Å². The molecule has 0 aromatic heterocycles. The van der Waals surface area contributed by atoms with Crippen LogP contribution in [0.4, 0.5) is 5.69 Å². The summed E-state index contributed by atoms with van der Waals surface area (Å²) < 4.78 is 43.9. The summed E-state index contributed by atoms with van der Waals surface area (Å²) >= 11 is 0.